The van der Waals surface area contributed by atoms with E-state index in [-0.39, 0.29) is 23.7 Å². The van der Waals surface area contributed by atoms with Crippen molar-refractivity contribution in [2.75, 3.05) is 18.4 Å². The summed E-state index contributed by atoms with van der Waals surface area (Å²) in [6.07, 6.45) is -0.106. The second-order valence-corrected chi connectivity index (χ2v) is 7.45. The average molecular weight is 435 g/mol. The number of morpholine rings is 1. The molecule has 0 saturated carbocycles. The number of ether oxygens (including phenoxy) is 1. The highest BCUT2D eigenvalue weighted by Crippen LogP contribution is 2.23. The summed E-state index contributed by atoms with van der Waals surface area (Å²) in [4.78, 5) is 27.3. The number of carbonyl (C=O) groups is 2. The molecule has 0 spiro atoms. The molecule has 0 unspecified atom stereocenters. The Morgan fingerprint density at radius 1 is 1.11 bits per heavy atom. The molecule has 7 heteroatoms. The van der Waals surface area contributed by atoms with E-state index in [1.54, 1.807) is 29.2 Å². The van der Waals surface area contributed by atoms with Crippen molar-refractivity contribution < 1.29 is 18.7 Å². The van der Waals surface area contributed by atoms with Crippen LogP contribution in [0.15, 0.2) is 46.9 Å². The first kappa shape index (κ1) is 19.5. The van der Waals surface area contributed by atoms with Gasteiger partial charge in [0.2, 0.25) is 0 Å². The lowest BCUT2D eigenvalue weighted by atomic mass is 10.1. The highest BCUT2D eigenvalue weighted by atomic mass is 79.9. The Labute approximate surface area is 165 Å². The quantitative estimate of drug-likeness (QED) is 0.791. The Balaban J connectivity index is 1.84. The molecule has 5 nitrogen and oxygen atoms in total. The van der Waals surface area contributed by atoms with Crippen LogP contribution in [0.5, 0.6) is 0 Å². The summed E-state index contributed by atoms with van der Waals surface area (Å²) in [7, 11) is 0. The standard InChI is InChI=1S/C20H20BrFN2O3/c1-12-10-24(11-13(2)27-12)20(26)15-5-3-4-6-18(15)23-19(25)16-9-14(22)7-8-17(16)21/h3-9,12-13H,10-11H2,1-2H3,(H,23,25)/t12-,13-/m0/s1. The number of nitrogens with one attached hydrogen (secondary N) is 1. The van der Waals surface area contributed by atoms with Crippen LogP contribution in [0.1, 0.15) is 34.6 Å². The largest absolute Gasteiger partial charge is 0.372 e. The summed E-state index contributed by atoms with van der Waals surface area (Å²) in [5.74, 6) is -1.18. The van der Waals surface area contributed by atoms with Crippen molar-refractivity contribution in [2.24, 2.45) is 0 Å². The molecule has 1 N–H and O–H groups in total. The van der Waals surface area contributed by atoms with Crippen molar-refractivity contribution in [1.82, 2.24) is 4.90 Å². The maximum Gasteiger partial charge on any atom is 0.256 e. The number of amides is 2. The van der Waals surface area contributed by atoms with Crippen molar-refractivity contribution in [2.45, 2.75) is 26.1 Å². The van der Waals surface area contributed by atoms with E-state index < -0.39 is 11.7 Å². The maximum atomic E-state index is 13.5. The number of anilines is 1. The summed E-state index contributed by atoms with van der Waals surface area (Å²) in [6.45, 7) is 4.82. The second-order valence-electron chi connectivity index (χ2n) is 6.59. The fraction of sp³-hybridized carbons (Fsp3) is 0.300. The lowest BCUT2D eigenvalue weighted by molar-refractivity contribution is -0.0585. The van der Waals surface area contributed by atoms with Crippen LogP contribution in [-0.4, -0.2) is 42.0 Å². The van der Waals surface area contributed by atoms with Gasteiger partial charge in [-0.3, -0.25) is 9.59 Å². The van der Waals surface area contributed by atoms with Crippen molar-refractivity contribution >= 4 is 33.4 Å². The third kappa shape index (κ3) is 4.54. The molecular formula is C20H20BrFN2O3. The van der Waals surface area contributed by atoms with Crippen LogP contribution < -0.4 is 5.32 Å². The maximum absolute atomic E-state index is 13.5. The number of benzene rings is 2. The van der Waals surface area contributed by atoms with Gasteiger partial charge in [0.25, 0.3) is 11.8 Å². The predicted octanol–water partition coefficient (Wildman–Crippen LogP) is 4.09. The topological polar surface area (TPSA) is 58.6 Å². The molecule has 0 radical (unpaired) electrons. The van der Waals surface area contributed by atoms with E-state index in [4.69, 9.17) is 4.74 Å². The number of rotatable bonds is 3. The first-order valence-electron chi connectivity index (χ1n) is 8.65. The lowest BCUT2D eigenvalue weighted by Crippen LogP contribution is -2.48. The fourth-order valence-corrected chi connectivity index (χ4v) is 3.58. The van der Waals surface area contributed by atoms with Gasteiger partial charge >= 0.3 is 0 Å². The Hall–Kier alpha value is -2.25. The Morgan fingerprint density at radius 3 is 2.48 bits per heavy atom. The molecule has 0 aliphatic carbocycles. The normalized spacial score (nSPS) is 19.6. The van der Waals surface area contributed by atoms with Crippen molar-refractivity contribution in [3.8, 4) is 0 Å². The number of hydrogen-bond acceptors (Lipinski definition) is 3. The van der Waals surface area contributed by atoms with Gasteiger partial charge < -0.3 is 15.0 Å². The van der Waals surface area contributed by atoms with E-state index >= 15 is 0 Å². The van der Waals surface area contributed by atoms with Crippen LogP contribution >= 0.6 is 15.9 Å². The van der Waals surface area contributed by atoms with E-state index in [1.165, 1.54) is 12.1 Å². The van der Waals surface area contributed by atoms with Gasteiger partial charge in [0.15, 0.2) is 0 Å². The molecule has 1 aliphatic rings. The SMILES string of the molecule is C[C@H]1CN(C(=O)c2ccccc2NC(=O)c2cc(F)ccc2Br)C[C@H](C)O1. The van der Waals surface area contributed by atoms with Crippen LogP contribution in [0.3, 0.4) is 0 Å². The second kappa shape index (κ2) is 8.19. The molecule has 0 aromatic heterocycles. The summed E-state index contributed by atoms with van der Waals surface area (Å²) in [6, 6.07) is 10.7. The smallest absolute Gasteiger partial charge is 0.256 e. The minimum Gasteiger partial charge on any atom is -0.372 e. The van der Waals surface area contributed by atoms with Crippen LogP contribution in [0.2, 0.25) is 0 Å². The van der Waals surface area contributed by atoms with E-state index in [0.29, 0.717) is 28.8 Å². The van der Waals surface area contributed by atoms with E-state index in [9.17, 15) is 14.0 Å². The van der Waals surface area contributed by atoms with Gasteiger partial charge in [0, 0.05) is 17.6 Å². The van der Waals surface area contributed by atoms with E-state index in [2.05, 4.69) is 21.2 Å². The van der Waals surface area contributed by atoms with Gasteiger partial charge in [0.05, 0.1) is 29.0 Å². The van der Waals surface area contributed by atoms with Crippen LogP contribution in [0.25, 0.3) is 0 Å². The molecule has 0 bridgehead atoms. The molecule has 2 aromatic carbocycles. The number of halogens is 2. The lowest BCUT2D eigenvalue weighted by Gasteiger charge is -2.35. The highest BCUT2D eigenvalue weighted by Gasteiger charge is 2.28. The van der Waals surface area contributed by atoms with Crippen LogP contribution in [-0.2, 0) is 4.74 Å². The average Bonchev–Trinajstić information content (AvgIpc) is 2.62. The summed E-state index contributed by atoms with van der Waals surface area (Å²) in [5.41, 5.74) is 0.931. The molecule has 2 aromatic rings. The monoisotopic (exact) mass is 434 g/mol. The Bertz CT molecular complexity index is 864. The van der Waals surface area contributed by atoms with Crippen molar-refractivity contribution in [3.63, 3.8) is 0 Å². The highest BCUT2D eigenvalue weighted by molar-refractivity contribution is 9.10. The molecule has 27 heavy (non-hydrogen) atoms. The molecule has 1 saturated heterocycles. The minimum atomic E-state index is -0.510. The zero-order valence-corrected chi connectivity index (χ0v) is 16.6. The first-order chi connectivity index (χ1) is 12.8. The summed E-state index contributed by atoms with van der Waals surface area (Å²) in [5, 5.41) is 2.72. The molecule has 1 aliphatic heterocycles. The number of hydrogen-bond donors (Lipinski definition) is 1. The van der Waals surface area contributed by atoms with Crippen molar-refractivity contribution in [1.29, 1.82) is 0 Å². The van der Waals surface area contributed by atoms with Gasteiger partial charge in [-0.25, -0.2) is 4.39 Å². The van der Waals surface area contributed by atoms with Gasteiger partial charge in [-0.15, -0.1) is 0 Å². The zero-order valence-electron chi connectivity index (χ0n) is 15.0. The Morgan fingerprint density at radius 2 is 1.78 bits per heavy atom. The fourth-order valence-electron chi connectivity index (χ4n) is 3.15. The molecule has 3 rings (SSSR count). The third-order valence-electron chi connectivity index (χ3n) is 4.29. The van der Waals surface area contributed by atoms with E-state index in [0.717, 1.165) is 6.07 Å². The van der Waals surface area contributed by atoms with Crippen LogP contribution in [0, 0.1) is 5.82 Å². The first-order valence-corrected chi connectivity index (χ1v) is 9.44. The molecule has 1 heterocycles. The van der Waals surface area contributed by atoms with E-state index in [1.807, 2.05) is 13.8 Å². The predicted molar refractivity (Wildman–Crippen MR) is 104 cm³/mol. The minimum absolute atomic E-state index is 0.0531. The molecular weight excluding hydrogens is 415 g/mol. The van der Waals surface area contributed by atoms with Crippen LogP contribution in [0.4, 0.5) is 10.1 Å². The van der Waals surface area contributed by atoms with Gasteiger partial charge in [-0.05, 0) is 60.1 Å². The number of para-hydroxylation sites is 1. The Kier molecular flexibility index (Phi) is 5.92. The third-order valence-corrected chi connectivity index (χ3v) is 4.98. The van der Waals surface area contributed by atoms with Gasteiger partial charge in [-0.2, -0.15) is 0 Å². The van der Waals surface area contributed by atoms with Gasteiger partial charge in [-0.1, -0.05) is 12.1 Å². The number of nitrogens with zero attached hydrogens (tertiary/aromatic N) is 1. The molecule has 1 fully saturated rings. The summed E-state index contributed by atoms with van der Waals surface area (Å²) < 4.78 is 19.6. The van der Waals surface area contributed by atoms with Gasteiger partial charge in [0.1, 0.15) is 5.82 Å². The zero-order chi connectivity index (χ0) is 19.6. The molecule has 142 valence electrons. The summed E-state index contributed by atoms with van der Waals surface area (Å²) >= 11 is 3.25. The number of carbonyl (C=O) groups excluding carboxylic acids is 2. The van der Waals surface area contributed by atoms with Crippen molar-refractivity contribution in [3.05, 3.63) is 63.9 Å². The molecule has 2 amide bonds. The molecule has 2 atom stereocenters.